The highest BCUT2D eigenvalue weighted by atomic mass is 16.5. The summed E-state index contributed by atoms with van der Waals surface area (Å²) in [6.45, 7) is 5.03. The third-order valence-corrected chi connectivity index (χ3v) is 3.80. The number of nitrogens with two attached hydrogens (primary N) is 1. The standard InChI is InChI=1S/C16H25NO2/c1-4-14(17)8-13-9-16(19-10-12-5-6-12)15(18-3)7-11(13)2/h7,9,12,14H,4-6,8,10,17H2,1-3H3. The van der Waals surface area contributed by atoms with Gasteiger partial charge in [-0.3, -0.25) is 0 Å². The molecule has 1 aromatic rings. The maximum atomic E-state index is 6.05. The lowest BCUT2D eigenvalue weighted by Crippen LogP contribution is -2.21. The minimum atomic E-state index is 0.211. The van der Waals surface area contributed by atoms with Crippen molar-refractivity contribution >= 4 is 0 Å². The van der Waals surface area contributed by atoms with Gasteiger partial charge in [-0.2, -0.15) is 0 Å². The van der Waals surface area contributed by atoms with Crippen molar-refractivity contribution in [3.8, 4) is 11.5 Å². The molecule has 0 heterocycles. The molecule has 1 atom stereocenters. The first-order valence-electron chi connectivity index (χ1n) is 7.20. The highest BCUT2D eigenvalue weighted by Gasteiger charge is 2.23. The van der Waals surface area contributed by atoms with E-state index < -0.39 is 0 Å². The molecule has 1 aliphatic rings. The average molecular weight is 263 g/mol. The molecule has 0 saturated heterocycles. The van der Waals surface area contributed by atoms with E-state index in [9.17, 15) is 0 Å². The molecule has 0 radical (unpaired) electrons. The summed E-state index contributed by atoms with van der Waals surface area (Å²) in [5.41, 5.74) is 8.54. The zero-order chi connectivity index (χ0) is 13.8. The molecule has 1 aliphatic carbocycles. The van der Waals surface area contributed by atoms with E-state index in [1.165, 1.54) is 24.0 Å². The molecule has 1 aromatic carbocycles. The van der Waals surface area contributed by atoms with Crippen molar-refractivity contribution in [1.29, 1.82) is 0 Å². The second kappa shape index (κ2) is 6.29. The Morgan fingerprint density at radius 2 is 2.05 bits per heavy atom. The minimum Gasteiger partial charge on any atom is -0.493 e. The highest BCUT2D eigenvalue weighted by Crippen LogP contribution is 2.34. The third-order valence-electron chi connectivity index (χ3n) is 3.80. The van der Waals surface area contributed by atoms with Gasteiger partial charge in [-0.05, 0) is 61.8 Å². The van der Waals surface area contributed by atoms with Crippen LogP contribution in [0.25, 0.3) is 0 Å². The van der Waals surface area contributed by atoms with Gasteiger partial charge >= 0.3 is 0 Å². The van der Waals surface area contributed by atoms with E-state index in [4.69, 9.17) is 15.2 Å². The van der Waals surface area contributed by atoms with Crippen LogP contribution >= 0.6 is 0 Å². The summed E-state index contributed by atoms with van der Waals surface area (Å²) in [5, 5.41) is 0. The van der Waals surface area contributed by atoms with Crippen LogP contribution in [0.5, 0.6) is 11.5 Å². The second-order valence-electron chi connectivity index (χ2n) is 5.56. The van der Waals surface area contributed by atoms with Gasteiger partial charge < -0.3 is 15.2 Å². The summed E-state index contributed by atoms with van der Waals surface area (Å²) in [5.74, 6) is 2.43. The van der Waals surface area contributed by atoms with Crippen LogP contribution in [0.1, 0.15) is 37.3 Å². The maximum absolute atomic E-state index is 6.05. The molecule has 19 heavy (non-hydrogen) atoms. The van der Waals surface area contributed by atoms with E-state index in [1.54, 1.807) is 7.11 Å². The first-order chi connectivity index (χ1) is 9.13. The van der Waals surface area contributed by atoms with Gasteiger partial charge in [0.2, 0.25) is 0 Å². The van der Waals surface area contributed by atoms with E-state index in [-0.39, 0.29) is 6.04 Å². The molecule has 106 valence electrons. The Labute approximate surface area is 116 Å². The first kappa shape index (κ1) is 14.2. The molecule has 3 nitrogen and oxygen atoms in total. The zero-order valence-corrected chi connectivity index (χ0v) is 12.2. The summed E-state index contributed by atoms with van der Waals surface area (Å²) in [6, 6.07) is 4.37. The molecule has 0 aromatic heterocycles. The summed E-state index contributed by atoms with van der Waals surface area (Å²) in [7, 11) is 1.69. The van der Waals surface area contributed by atoms with Crippen LogP contribution in [-0.2, 0) is 6.42 Å². The fourth-order valence-corrected chi connectivity index (χ4v) is 2.11. The smallest absolute Gasteiger partial charge is 0.161 e. The topological polar surface area (TPSA) is 44.5 Å². The van der Waals surface area contributed by atoms with Crippen molar-refractivity contribution in [2.24, 2.45) is 11.7 Å². The molecule has 1 fully saturated rings. The molecule has 0 bridgehead atoms. The number of rotatable bonds is 7. The fourth-order valence-electron chi connectivity index (χ4n) is 2.11. The van der Waals surface area contributed by atoms with Gasteiger partial charge in [-0.1, -0.05) is 6.92 Å². The van der Waals surface area contributed by atoms with E-state index in [2.05, 4.69) is 26.0 Å². The van der Waals surface area contributed by atoms with Crippen molar-refractivity contribution in [2.75, 3.05) is 13.7 Å². The summed E-state index contributed by atoms with van der Waals surface area (Å²) >= 11 is 0. The lowest BCUT2D eigenvalue weighted by molar-refractivity contribution is 0.280. The molecule has 2 rings (SSSR count). The number of benzene rings is 1. The van der Waals surface area contributed by atoms with E-state index >= 15 is 0 Å². The average Bonchev–Trinajstić information content (AvgIpc) is 3.22. The van der Waals surface area contributed by atoms with Crippen molar-refractivity contribution in [2.45, 2.75) is 45.6 Å². The van der Waals surface area contributed by atoms with Crippen LogP contribution in [0.3, 0.4) is 0 Å². The van der Waals surface area contributed by atoms with Crippen molar-refractivity contribution in [1.82, 2.24) is 0 Å². The Hall–Kier alpha value is -1.22. The normalized spacial score (nSPS) is 16.2. The van der Waals surface area contributed by atoms with Gasteiger partial charge in [-0.15, -0.1) is 0 Å². The van der Waals surface area contributed by atoms with Crippen molar-refractivity contribution in [3.63, 3.8) is 0 Å². The summed E-state index contributed by atoms with van der Waals surface area (Å²) in [4.78, 5) is 0. The van der Waals surface area contributed by atoms with Gasteiger partial charge in [0.05, 0.1) is 13.7 Å². The van der Waals surface area contributed by atoms with Crippen LogP contribution in [0.2, 0.25) is 0 Å². The Bertz CT molecular complexity index is 427. The molecule has 3 heteroatoms. The molecule has 0 aliphatic heterocycles. The SMILES string of the molecule is CCC(N)Cc1cc(OCC2CC2)c(OC)cc1C. The lowest BCUT2D eigenvalue weighted by atomic mass is 9.99. The zero-order valence-electron chi connectivity index (χ0n) is 12.2. The largest absolute Gasteiger partial charge is 0.493 e. The maximum Gasteiger partial charge on any atom is 0.161 e. The Balaban J connectivity index is 2.15. The molecular formula is C16H25NO2. The number of aryl methyl sites for hydroxylation is 1. The summed E-state index contributed by atoms with van der Waals surface area (Å²) in [6.07, 6.45) is 4.47. The van der Waals surface area contributed by atoms with Crippen LogP contribution in [0.15, 0.2) is 12.1 Å². The van der Waals surface area contributed by atoms with Crippen LogP contribution < -0.4 is 15.2 Å². The van der Waals surface area contributed by atoms with Gasteiger partial charge in [0, 0.05) is 6.04 Å². The quantitative estimate of drug-likeness (QED) is 0.822. The van der Waals surface area contributed by atoms with E-state index in [0.29, 0.717) is 0 Å². The van der Waals surface area contributed by atoms with Crippen LogP contribution in [0.4, 0.5) is 0 Å². The van der Waals surface area contributed by atoms with E-state index in [1.807, 2.05) is 0 Å². The molecule has 2 N–H and O–H groups in total. The molecule has 1 saturated carbocycles. The number of methoxy groups -OCH3 is 1. The highest BCUT2D eigenvalue weighted by molar-refractivity contribution is 5.47. The van der Waals surface area contributed by atoms with Crippen molar-refractivity contribution in [3.05, 3.63) is 23.3 Å². The third kappa shape index (κ3) is 3.87. The molecular weight excluding hydrogens is 238 g/mol. The fraction of sp³-hybridized carbons (Fsp3) is 0.625. The number of hydrogen-bond acceptors (Lipinski definition) is 3. The minimum absolute atomic E-state index is 0.211. The monoisotopic (exact) mass is 263 g/mol. The van der Waals surface area contributed by atoms with Crippen molar-refractivity contribution < 1.29 is 9.47 Å². The Morgan fingerprint density at radius 3 is 2.63 bits per heavy atom. The Kier molecular flexibility index (Phi) is 4.70. The predicted molar refractivity (Wildman–Crippen MR) is 77.9 cm³/mol. The number of ether oxygens (including phenoxy) is 2. The molecule has 1 unspecified atom stereocenters. The van der Waals surface area contributed by atoms with E-state index in [0.717, 1.165) is 36.9 Å². The Morgan fingerprint density at radius 1 is 1.32 bits per heavy atom. The number of hydrogen-bond donors (Lipinski definition) is 1. The molecule has 0 amide bonds. The predicted octanol–water partition coefficient (Wildman–Crippen LogP) is 3.07. The second-order valence-corrected chi connectivity index (χ2v) is 5.56. The molecule has 0 spiro atoms. The van der Waals surface area contributed by atoms with Gasteiger partial charge in [0.15, 0.2) is 11.5 Å². The summed E-state index contributed by atoms with van der Waals surface area (Å²) < 4.78 is 11.3. The van der Waals surface area contributed by atoms with Gasteiger partial charge in [-0.25, -0.2) is 0 Å². The van der Waals surface area contributed by atoms with Gasteiger partial charge in [0.25, 0.3) is 0 Å². The lowest BCUT2D eigenvalue weighted by Gasteiger charge is -2.16. The first-order valence-corrected chi connectivity index (χ1v) is 7.20. The van der Waals surface area contributed by atoms with Gasteiger partial charge in [0.1, 0.15) is 0 Å². The van der Waals surface area contributed by atoms with Crippen LogP contribution in [-0.4, -0.2) is 19.8 Å². The van der Waals surface area contributed by atoms with Crippen LogP contribution in [0, 0.1) is 12.8 Å².